The van der Waals surface area contributed by atoms with Crippen LogP contribution in [0.3, 0.4) is 0 Å². The minimum Gasteiger partial charge on any atom is -0.472 e. The largest absolute Gasteiger partial charge is 0.472 e. The molecule has 0 aliphatic carbocycles. The Labute approximate surface area is 120 Å². The Morgan fingerprint density at radius 2 is 2.10 bits per heavy atom. The number of benzene rings is 1. The average Bonchev–Trinajstić information content (AvgIpc) is 3.01. The molecule has 1 saturated heterocycles. The van der Waals surface area contributed by atoms with Crippen molar-refractivity contribution in [2.75, 3.05) is 13.1 Å². The van der Waals surface area contributed by atoms with Crippen LogP contribution in [0.5, 0.6) is 0 Å². The summed E-state index contributed by atoms with van der Waals surface area (Å²) in [6.07, 6.45) is 4.78. The van der Waals surface area contributed by atoms with Crippen LogP contribution in [0.1, 0.15) is 30.5 Å². The molecule has 1 aliphatic heterocycles. The number of nitrogens with one attached hydrogen (secondary N) is 1. The van der Waals surface area contributed by atoms with Gasteiger partial charge in [0.15, 0.2) is 0 Å². The van der Waals surface area contributed by atoms with Gasteiger partial charge in [0.05, 0.1) is 12.5 Å². The minimum atomic E-state index is 0.439. The summed E-state index contributed by atoms with van der Waals surface area (Å²) in [5.41, 5.74) is 2.64. The highest BCUT2D eigenvalue weighted by atomic mass is 16.3. The Hall–Kier alpha value is -1.58. The van der Waals surface area contributed by atoms with Crippen LogP contribution >= 0.6 is 0 Å². The number of furan rings is 1. The van der Waals surface area contributed by atoms with Crippen molar-refractivity contribution in [3.05, 3.63) is 60.1 Å². The number of rotatable bonds is 4. The van der Waals surface area contributed by atoms with Crippen molar-refractivity contribution < 1.29 is 4.42 Å². The van der Waals surface area contributed by atoms with Gasteiger partial charge in [-0.3, -0.25) is 4.90 Å². The van der Waals surface area contributed by atoms with Gasteiger partial charge < -0.3 is 9.73 Å². The van der Waals surface area contributed by atoms with Gasteiger partial charge in [-0.2, -0.15) is 0 Å². The van der Waals surface area contributed by atoms with Gasteiger partial charge in [-0.1, -0.05) is 37.3 Å². The summed E-state index contributed by atoms with van der Waals surface area (Å²) in [7, 11) is 0. The fourth-order valence-corrected chi connectivity index (χ4v) is 2.95. The van der Waals surface area contributed by atoms with E-state index in [1.54, 1.807) is 6.26 Å². The second kappa shape index (κ2) is 6.25. The number of piperazine rings is 1. The van der Waals surface area contributed by atoms with Crippen molar-refractivity contribution >= 4 is 0 Å². The molecule has 1 aromatic carbocycles. The Morgan fingerprint density at radius 1 is 1.25 bits per heavy atom. The Morgan fingerprint density at radius 3 is 2.80 bits per heavy atom. The van der Waals surface area contributed by atoms with Crippen LogP contribution in [0, 0.1) is 0 Å². The van der Waals surface area contributed by atoms with E-state index in [9.17, 15) is 0 Å². The highest BCUT2D eigenvalue weighted by Gasteiger charge is 2.28. The molecular weight excluding hydrogens is 248 g/mol. The van der Waals surface area contributed by atoms with Crippen molar-refractivity contribution in [1.82, 2.24) is 10.2 Å². The maximum absolute atomic E-state index is 5.21. The van der Waals surface area contributed by atoms with E-state index in [0.717, 1.165) is 19.6 Å². The smallest absolute Gasteiger partial charge is 0.0947 e. The van der Waals surface area contributed by atoms with Gasteiger partial charge >= 0.3 is 0 Å². The molecule has 0 amide bonds. The molecule has 1 N–H and O–H groups in total. The van der Waals surface area contributed by atoms with Gasteiger partial charge in [0.1, 0.15) is 0 Å². The molecule has 2 heterocycles. The zero-order valence-corrected chi connectivity index (χ0v) is 12.0. The Balaban J connectivity index is 1.79. The van der Waals surface area contributed by atoms with Crippen LogP contribution in [-0.4, -0.2) is 24.0 Å². The quantitative estimate of drug-likeness (QED) is 0.924. The molecular formula is C17H22N2O. The first-order chi connectivity index (χ1) is 9.86. The molecule has 3 nitrogen and oxygen atoms in total. The third-order valence-corrected chi connectivity index (χ3v) is 4.14. The summed E-state index contributed by atoms with van der Waals surface area (Å²) in [5.74, 6) is 0. The summed E-state index contributed by atoms with van der Waals surface area (Å²) in [6, 6.07) is 13.9. The number of hydrogen-bond acceptors (Lipinski definition) is 3. The third-order valence-electron chi connectivity index (χ3n) is 4.14. The van der Waals surface area contributed by atoms with Crippen molar-refractivity contribution in [2.45, 2.75) is 32.0 Å². The van der Waals surface area contributed by atoms with Gasteiger partial charge in [0.2, 0.25) is 0 Å². The fourth-order valence-electron chi connectivity index (χ4n) is 2.95. The second-order valence-corrected chi connectivity index (χ2v) is 5.50. The summed E-state index contributed by atoms with van der Waals surface area (Å²) < 4.78 is 5.21. The van der Waals surface area contributed by atoms with E-state index < -0.39 is 0 Å². The number of hydrogen-bond donors (Lipinski definition) is 1. The highest BCUT2D eigenvalue weighted by molar-refractivity contribution is 5.21. The third kappa shape index (κ3) is 2.94. The van der Waals surface area contributed by atoms with E-state index in [1.807, 2.05) is 6.26 Å². The fraction of sp³-hybridized carbons (Fsp3) is 0.412. The first kappa shape index (κ1) is 13.4. The van der Waals surface area contributed by atoms with Crippen LogP contribution < -0.4 is 5.32 Å². The van der Waals surface area contributed by atoms with Crippen molar-refractivity contribution in [3.8, 4) is 0 Å². The lowest BCUT2D eigenvalue weighted by Gasteiger charge is -2.40. The van der Waals surface area contributed by atoms with E-state index in [4.69, 9.17) is 4.42 Å². The summed E-state index contributed by atoms with van der Waals surface area (Å²) in [5, 5.41) is 3.66. The molecule has 0 saturated carbocycles. The maximum Gasteiger partial charge on any atom is 0.0947 e. The topological polar surface area (TPSA) is 28.4 Å². The lowest BCUT2D eigenvalue weighted by molar-refractivity contribution is 0.120. The zero-order valence-electron chi connectivity index (χ0n) is 12.0. The standard InChI is InChI=1S/C17H22N2O/c1-2-16-12-19(11-14-8-9-20-13-14)17(10-18-16)15-6-4-3-5-7-15/h3-9,13,16-18H,2,10-12H2,1H3. The Bertz CT molecular complexity index is 509. The van der Waals surface area contributed by atoms with Crippen molar-refractivity contribution in [3.63, 3.8) is 0 Å². The Kier molecular flexibility index (Phi) is 4.19. The zero-order chi connectivity index (χ0) is 13.8. The molecule has 1 aromatic heterocycles. The van der Waals surface area contributed by atoms with Crippen molar-refractivity contribution in [2.24, 2.45) is 0 Å². The van der Waals surface area contributed by atoms with E-state index in [2.05, 4.69) is 53.5 Å². The molecule has 0 bridgehead atoms. The van der Waals surface area contributed by atoms with E-state index in [-0.39, 0.29) is 0 Å². The molecule has 3 heteroatoms. The lowest BCUT2D eigenvalue weighted by Crippen LogP contribution is -2.51. The van der Waals surface area contributed by atoms with E-state index in [0.29, 0.717) is 12.1 Å². The van der Waals surface area contributed by atoms with Gasteiger partial charge in [-0.15, -0.1) is 0 Å². The SMILES string of the molecule is CCC1CN(Cc2ccoc2)C(c2ccccc2)CN1. The molecule has 20 heavy (non-hydrogen) atoms. The van der Waals surface area contributed by atoms with Gasteiger partial charge in [-0.25, -0.2) is 0 Å². The molecule has 106 valence electrons. The van der Waals surface area contributed by atoms with Crippen LogP contribution in [0.2, 0.25) is 0 Å². The van der Waals surface area contributed by atoms with Crippen LogP contribution in [-0.2, 0) is 6.54 Å². The molecule has 0 spiro atoms. The van der Waals surface area contributed by atoms with Gasteiger partial charge in [-0.05, 0) is 18.1 Å². The molecule has 1 fully saturated rings. The van der Waals surface area contributed by atoms with Crippen LogP contribution in [0.15, 0.2) is 53.3 Å². The van der Waals surface area contributed by atoms with E-state index in [1.165, 1.54) is 17.5 Å². The summed E-state index contributed by atoms with van der Waals surface area (Å²) >= 11 is 0. The van der Waals surface area contributed by atoms with Crippen LogP contribution in [0.25, 0.3) is 0 Å². The predicted molar refractivity (Wildman–Crippen MR) is 80.4 cm³/mol. The van der Waals surface area contributed by atoms with Gasteiger partial charge in [0.25, 0.3) is 0 Å². The average molecular weight is 270 g/mol. The highest BCUT2D eigenvalue weighted by Crippen LogP contribution is 2.26. The lowest BCUT2D eigenvalue weighted by atomic mass is 9.99. The molecule has 1 aliphatic rings. The minimum absolute atomic E-state index is 0.439. The molecule has 2 aromatic rings. The first-order valence-electron chi connectivity index (χ1n) is 7.40. The molecule has 2 unspecified atom stereocenters. The van der Waals surface area contributed by atoms with Crippen LogP contribution in [0.4, 0.5) is 0 Å². The van der Waals surface area contributed by atoms with E-state index >= 15 is 0 Å². The summed E-state index contributed by atoms with van der Waals surface area (Å²) in [4.78, 5) is 2.56. The summed E-state index contributed by atoms with van der Waals surface area (Å²) in [6.45, 7) is 5.30. The van der Waals surface area contributed by atoms with Crippen molar-refractivity contribution in [1.29, 1.82) is 0 Å². The predicted octanol–water partition coefficient (Wildman–Crippen LogP) is 3.20. The molecule has 3 rings (SSSR count). The molecule has 2 atom stereocenters. The van der Waals surface area contributed by atoms with Gasteiger partial charge in [0, 0.05) is 37.3 Å². The first-order valence-corrected chi connectivity index (χ1v) is 7.40. The monoisotopic (exact) mass is 270 g/mol. The normalized spacial score (nSPS) is 23.9. The number of nitrogens with zero attached hydrogens (tertiary/aromatic N) is 1. The second-order valence-electron chi connectivity index (χ2n) is 5.50. The maximum atomic E-state index is 5.21. The molecule has 0 radical (unpaired) electrons.